The first-order valence-corrected chi connectivity index (χ1v) is 13.6. The Morgan fingerprint density at radius 2 is 1.69 bits per heavy atom. The zero-order chi connectivity index (χ0) is 25.5. The number of amides is 2. The number of carbonyl (C=O) groups is 2. The van der Waals surface area contributed by atoms with Gasteiger partial charge in [0.15, 0.2) is 5.13 Å². The van der Waals surface area contributed by atoms with Gasteiger partial charge in [-0.3, -0.25) is 9.59 Å². The molecule has 184 valence electrons. The second kappa shape index (κ2) is 12.0. The second-order valence-corrected chi connectivity index (χ2v) is 10.9. The zero-order valence-electron chi connectivity index (χ0n) is 20.6. The molecule has 1 atom stereocenters. The molecule has 1 aromatic heterocycles. The van der Waals surface area contributed by atoms with Gasteiger partial charge in [0.05, 0.1) is 5.69 Å². The quantitative estimate of drug-likeness (QED) is 0.225. The van der Waals surface area contributed by atoms with Crippen molar-refractivity contribution in [1.82, 2.24) is 4.98 Å². The molecule has 0 saturated heterocycles. The molecule has 36 heavy (non-hydrogen) atoms. The maximum Gasteiger partial charge on any atom is 0.244 e. The van der Waals surface area contributed by atoms with E-state index in [-0.39, 0.29) is 11.8 Å². The van der Waals surface area contributed by atoms with Gasteiger partial charge in [-0.05, 0) is 44.0 Å². The lowest BCUT2D eigenvalue weighted by Gasteiger charge is -2.17. The van der Waals surface area contributed by atoms with Crippen molar-refractivity contribution in [3.8, 4) is 11.3 Å². The minimum absolute atomic E-state index is 0.0134. The molecule has 0 aliphatic carbocycles. The van der Waals surface area contributed by atoms with E-state index in [1.165, 1.54) is 28.7 Å². The second-order valence-electron chi connectivity index (χ2n) is 8.51. The third kappa shape index (κ3) is 6.62. The van der Waals surface area contributed by atoms with Crippen molar-refractivity contribution in [3.05, 3.63) is 94.9 Å². The highest BCUT2D eigenvalue weighted by atomic mass is 32.2. The van der Waals surface area contributed by atoms with Gasteiger partial charge in [0.1, 0.15) is 5.25 Å². The number of aryl methyl sites for hydroxylation is 2. The molecule has 2 N–H and O–H groups in total. The summed E-state index contributed by atoms with van der Waals surface area (Å²) in [4.78, 5) is 32.2. The molecule has 4 rings (SSSR count). The fraction of sp³-hybridized carbons (Fsp3) is 0.207. The van der Waals surface area contributed by atoms with Gasteiger partial charge in [-0.25, -0.2) is 4.98 Å². The van der Waals surface area contributed by atoms with Gasteiger partial charge in [0.2, 0.25) is 11.8 Å². The standard InChI is InChI=1S/C29H29N3O2S2/c1-4-9-25(33)30-23-12-8-13-24(18-23)36-27(22-10-6-5-7-11-22)28(34)32-29-31-26(20(3)35-29)21-16-14-19(2)15-17-21/h5-8,10-18,27H,4,9H2,1-3H3,(H,30,33)(H,31,32,34). The molecule has 0 bridgehead atoms. The summed E-state index contributed by atoms with van der Waals surface area (Å²) in [5.41, 5.74) is 4.73. The normalized spacial score (nSPS) is 11.6. The van der Waals surface area contributed by atoms with Crippen molar-refractivity contribution in [2.24, 2.45) is 0 Å². The van der Waals surface area contributed by atoms with E-state index in [1.807, 2.05) is 68.4 Å². The summed E-state index contributed by atoms with van der Waals surface area (Å²) >= 11 is 2.92. The number of rotatable bonds is 9. The fourth-order valence-corrected chi connectivity index (χ4v) is 5.66. The molecule has 0 radical (unpaired) electrons. The van der Waals surface area contributed by atoms with Crippen LogP contribution in [0, 0.1) is 13.8 Å². The Hall–Kier alpha value is -3.42. The number of anilines is 2. The summed E-state index contributed by atoms with van der Waals surface area (Å²) < 4.78 is 0. The maximum atomic E-state index is 13.5. The summed E-state index contributed by atoms with van der Waals surface area (Å²) in [5, 5.41) is 6.07. The summed E-state index contributed by atoms with van der Waals surface area (Å²) in [6.45, 7) is 6.05. The lowest BCUT2D eigenvalue weighted by Crippen LogP contribution is -2.19. The summed E-state index contributed by atoms with van der Waals surface area (Å²) in [5.74, 6) is -0.156. The van der Waals surface area contributed by atoms with Crippen molar-refractivity contribution < 1.29 is 9.59 Å². The summed E-state index contributed by atoms with van der Waals surface area (Å²) in [7, 11) is 0. The molecule has 0 spiro atoms. The molecule has 2 amide bonds. The summed E-state index contributed by atoms with van der Waals surface area (Å²) in [6.07, 6.45) is 1.27. The van der Waals surface area contributed by atoms with Gasteiger partial charge in [-0.15, -0.1) is 23.1 Å². The molecular formula is C29H29N3O2S2. The van der Waals surface area contributed by atoms with Crippen LogP contribution in [0.25, 0.3) is 11.3 Å². The van der Waals surface area contributed by atoms with Gasteiger partial charge in [-0.1, -0.05) is 73.2 Å². The number of thiazole rings is 1. The Bertz CT molecular complexity index is 1330. The van der Waals surface area contributed by atoms with Crippen molar-refractivity contribution in [2.75, 3.05) is 10.6 Å². The van der Waals surface area contributed by atoms with E-state index >= 15 is 0 Å². The van der Waals surface area contributed by atoms with Crippen LogP contribution in [0.15, 0.2) is 83.8 Å². The largest absolute Gasteiger partial charge is 0.326 e. The lowest BCUT2D eigenvalue weighted by molar-refractivity contribution is -0.116. The highest BCUT2D eigenvalue weighted by molar-refractivity contribution is 8.00. The predicted molar refractivity (Wildman–Crippen MR) is 151 cm³/mol. The van der Waals surface area contributed by atoms with E-state index in [1.54, 1.807) is 0 Å². The molecule has 3 aromatic carbocycles. The lowest BCUT2D eigenvalue weighted by atomic mass is 10.1. The number of nitrogens with one attached hydrogen (secondary N) is 2. The van der Waals surface area contributed by atoms with Crippen LogP contribution in [-0.4, -0.2) is 16.8 Å². The van der Waals surface area contributed by atoms with Crippen LogP contribution in [0.1, 0.15) is 41.0 Å². The molecule has 0 fully saturated rings. The van der Waals surface area contributed by atoms with E-state index in [9.17, 15) is 9.59 Å². The van der Waals surface area contributed by atoms with Gasteiger partial charge in [-0.2, -0.15) is 0 Å². The fourth-order valence-electron chi connectivity index (χ4n) is 3.73. The van der Waals surface area contributed by atoms with E-state index in [0.29, 0.717) is 11.6 Å². The average molecular weight is 516 g/mol. The van der Waals surface area contributed by atoms with Crippen LogP contribution >= 0.6 is 23.1 Å². The first kappa shape index (κ1) is 25.7. The number of carbonyl (C=O) groups excluding carboxylic acids is 2. The first-order chi connectivity index (χ1) is 17.4. The topological polar surface area (TPSA) is 71.1 Å². The Morgan fingerprint density at radius 1 is 0.944 bits per heavy atom. The molecule has 1 heterocycles. The molecule has 5 nitrogen and oxygen atoms in total. The van der Waals surface area contributed by atoms with Gasteiger partial charge in [0, 0.05) is 27.4 Å². The maximum absolute atomic E-state index is 13.5. The number of hydrogen-bond acceptors (Lipinski definition) is 5. The van der Waals surface area contributed by atoms with Crippen LogP contribution in [-0.2, 0) is 9.59 Å². The molecule has 0 aliphatic rings. The molecule has 4 aromatic rings. The van der Waals surface area contributed by atoms with E-state index < -0.39 is 5.25 Å². The van der Waals surface area contributed by atoms with Crippen LogP contribution in [0.2, 0.25) is 0 Å². The molecular weight excluding hydrogens is 486 g/mol. The Kier molecular flexibility index (Phi) is 8.57. The van der Waals surface area contributed by atoms with Crippen LogP contribution in [0.5, 0.6) is 0 Å². The number of aromatic nitrogens is 1. The number of benzene rings is 3. The Balaban J connectivity index is 1.55. The minimum atomic E-state index is -0.486. The van der Waals surface area contributed by atoms with E-state index in [2.05, 4.69) is 41.8 Å². The number of nitrogens with zero attached hydrogens (tertiary/aromatic N) is 1. The van der Waals surface area contributed by atoms with Crippen molar-refractivity contribution >= 4 is 45.7 Å². The highest BCUT2D eigenvalue weighted by Crippen LogP contribution is 2.38. The third-order valence-corrected chi connectivity index (χ3v) is 7.68. The van der Waals surface area contributed by atoms with Crippen LogP contribution in [0.3, 0.4) is 0 Å². The van der Waals surface area contributed by atoms with Crippen molar-refractivity contribution in [3.63, 3.8) is 0 Å². The molecule has 1 unspecified atom stereocenters. The highest BCUT2D eigenvalue weighted by Gasteiger charge is 2.24. The predicted octanol–water partition coefficient (Wildman–Crippen LogP) is 7.64. The number of hydrogen-bond donors (Lipinski definition) is 2. The SMILES string of the molecule is CCCC(=O)Nc1cccc(SC(C(=O)Nc2nc(-c3ccc(C)cc3)c(C)s2)c2ccccc2)c1. The summed E-state index contributed by atoms with van der Waals surface area (Å²) in [6, 6.07) is 25.5. The Morgan fingerprint density at radius 3 is 2.42 bits per heavy atom. The average Bonchev–Trinajstić information content (AvgIpc) is 3.23. The smallest absolute Gasteiger partial charge is 0.244 e. The first-order valence-electron chi connectivity index (χ1n) is 11.9. The molecule has 7 heteroatoms. The third-order valence-electron chi connectivity index (χ3n) is 5.54. The van der Waals surface area contributed by atoms with Gasteiger partial charge in [0.25, 0.3) is 0 Å². The van der Waals surface area contributed by atoms with Crippen LogP contribution in [0.4, 0.5) is 10.8 Å². The van der Waals surface area contributed by atoms with Gasteiger partial charge < -0.3 is 10.6 Å². The molecule has 0 aliphatic heterocycles. The zero-order valence-corrected chi connectivity index (χ0v) is 22.2. The van der Waals surface area contributed by atoms with Crippen molar-refractivity contribution in [2.45, 2.75) is 43.8 Å². The minimum Gasteiger partial charge on any atom is -0.326 e. The monoisotopic (exact) mass is 515 g/mol. The van der Waals surface area contributed by atoms with E-state index in [0.717, 1.165) is 38.7 Å². The van der Waals surface area contributed by atoms with Gasteiger partial charge >= 0.3 is 0 Å². The van der Waals surface area contributed by atoms with Crippen molar-refractivity contribution in [1.29, 1.82) is 0 Å². The number of thioether (sulfide) groups is 1. The molecule has 0 saturated carbocycles. The van der Waals surface area contributed by atoms with E-state index in [4.69, 9.17) is 4.98 Å². The van der Waals surface area contributed by atoms with Crippen LogP contribution < -0.4 is 10.6 Å². The Labute approximate surface area is 220 Å².